The molecule has 0 saturated carbocycles. The summed E-state index contributed by atoms with van der Waals surface area (Å²) in [6, 6.07) is 18.0. The van der Waals surface area contributed by atoms with Crippen molar-refractivity contribution in [2.24, 2.45) is 0 Å². The summed E-state index contributed by atoms with van der Waals surface area (Å²) in [5.41, 5.74) is 4.21. The number of benzene rings is 2. The molecular formula is C21H20N2O3. The number of carbonyl (C=O) groups is 1. The highest BCUT2D eigenvalue weighted by molar-refractivity contribution is 6.00. The van der Waals surface area contributed by atoms with Gasteiger partial charge >= 0.3 is 5.97 Å². The number of anilines is 1. The monoisotopic (exact) mass is 348 g/mol. The third kappa shape index (κ3) is 2.96. The van der Waals surface area contributed by atoms with Crippen molar-refractivity contribution in [2.75, 3.05) is 12.4 Å². The lowest BCUT2D eigenvalue weighted by molar-refractivity contribution is 0.0602. The molecule has 2 aromatic carbocycles. The molecule has 0 spiro atoms. The van der Waals surface area contributed by atoms with Crippen LogP contribution in [0.25, 0.3) is 11.3 Å². The summed E-state index contributed by atoms with van der Waals surface area (Å²) in [7, 11) is 1.36. The summed E-state index contributed by atoms with van der Waals surface area (Å²) < 4.78 is 10.5. The molecule has 1 aromatic heterocycles. The first kappa shape index (κ1) is 16.4. The highest BCUT2D eigenvalue weighted by Gasteiger charge is 2.28. The van der Waals surface area contributed by atoms with E-state index in [-0.39, 0.29) is 6.04 Å². The minimum absolute atomic E-state index is 0.0833. The third-order valence-corrected chi connectivity index (χ3v) is 4.80. The van der Waals surface area contributed by atoms with E-state index in [0.717, 1.165) is 24.8 Å². The van der Waals surface area contributed by atoms with Crippen LogP contribution in [-0.2, 0) is 11.2 Å². The summed E-state index contributed by atoms with van der Waals surface area (Å²) in [5.74, 6) is -0.103. The molecule has 0 radical (unpaired) electrons. The van der Waals surface area contributed by atoms with Gasteiger partial charge in [0.2, 0.25) is 5.88 Å². The van der Waals surface area contributed by atoms with Crippen molar-refractivity contribution in [3.05, 3.63) is 71.3 Å². The minimum Gasteiger partial charge on any atom is -0.465 e. The van der Waals surface area contributed by atoms with Gasteiger partial charge in [-0.25, -0.2) is 4.79 Å². The lowest BCUT2D eigenvalue weighted by Crippen LogP contribution is -2.18. The van der Waals surface area contributed by atoms with Gasteiger partial charge in [0.15, 0.2) is 5.56 Å². The standard InChI is InChI=1S/C21H20N2O3/c1-25-21(24)18-19(15-9-3-2-4-10-15)23-26-20(18)22-17-13-7-11-14-8-5-6-12-16(14)17/h2-6,8-10,12,17,22H,7,11,13H2,1H3. The first-order valence-electron chi connectivity index (χ1n) is 8.75. The molecule has 1 heterocycles. The number of methoxy groups -OCH3 is 1. The molecule has 5 nitrogen and oxygen atoms in total. The van der Waals surface area contributed by atoms with Crippen LogP contribution in [0.3, 0.4) is 0 Å². The summed E-state index contributed by atoms with van der Waals surface area (Å²) in [4.78, 5) is 12.4. The van der Waals surface area contributed by atoms with Crippen LogP contribution < -0.4 is 5.32 Å². The number of nitrogens with zero attached hydrogens (tertiary/aromatic N) is 1. The second-order valence-corrected chi connectivity index (χ2v) is 6.38. The van der Waals surface area contributed by atoms with E-state index < -0.39 is 5.97 Å². The number of aromatic nitrogens is 1. The maximum Gasteiger partial charge on any atom is 0.345 e. The molecule has 1 atom stereocenters. The molecule has 1 unspecified atom stereocenters. The fraction of sp³-hybridized carbons (Fsp3) is 0.238. The highest BCUT2D eigenvalue weighted by Crippen LogP contribution is 2.36. The zero-order chi connectivity index (χ0) is 17.9. The molecule has 0 fully saturated rings. The molecule has 1 aliphatic carbocycles. The van der Waals surface area contributed by atoms with Gasteiger partial charge in [0.05, 0.1) is 13.2 Å². The van der Waals surface area contributed by atoms with Crippen LogP contribution in [0.1, 0.15) is 40.4 Å². The topological polar surface area (TPSA) is 64.4 Å². The van der Waals surface area contributed by atoms with Crippen molar-refractivity contribution < 1.29 is 14.1 Å². The van der Waals surface area contributed by atoms with Crippen molar-refractivity contribution in [1.29, 1.82) is 0 Å². The molecule has 3 aromatic rings. The van der Waals surface area contributed by atoms with E-state index in [1.54, 1.807) is 0 Å². The Balaban J connectivity index is 1.72. The van der Waals surface area contributed by atoms with E-state index in [1.807, 2.05) is 36.4 Å². The van der Waals surface area contributed by atoms with E-state index in [9.17, 15) is 4.79 Å². The Morgan fingerprint density at radius 3 is 2.73 bits per heavy atom. The minimum atomic E-state index is -0.461. The quantitative estimate of drug-likeness (QED) is 0.697. The van der Waals surface area contributed by atoms with E-state index in [0.29, 0.717) is 17.1 Å². The number of rotatable bonds is 4. The zero-order valence-electron chi connectivity index (χ0n) is 14.6. The van der Waals surface area contributed by atoms with E-state index in [2.05, 4.69) is 28.7 Å². The van der Waals surface area contributed by atoms with Crippen molar-refractivity contribution >= 4 is 11.9 Å². The smallest absolute Gasteiger partial charge is 0.345 e. The summed E-state index contributed by atoms with van der Waals surface area (Å²) in [6.45, 7) is 0. The van der Waals surface area contributed by atoms with Crippen molar-refractivity contribution in [1.82, 2.24) is 5.16 Å². The summed E-state index contributed by atoms with van der Waals surface area (Å²) in [5, 5.41) is 7.52. The van der Waals surface area contributed by atoms with Crippen LogP contribution in [0.15, 0.2) is 59.1 Å². The number of aryl methyl sites for hydroxylation is 1. The SMILES string of the molecule is COC(=O)c1c(-c2ccccc2)noc1NC1CCCc2ccccc21. The van der Waals surface area contributed by atoms with E-state index >= 15 is 0 Å². The Morgan fingerprint density at radius 2 is 1.92 bits per heavy atom. The van der Waals surface area contributed by atoms with Gasteiger partial charge in [0, 0.05) is 5.56 Å². The number of hydrogen-bond donors (Lipinski definition) is 1. The molecule has 5 heteroatoms. The zero-order valence-corrected chi connectivity index (χ0v) is 14.6. The van der Waals surface area contributed by atoms with E-state index in [1.165, 1.54) is 18.2 Å². The van der Waals surface area contributed by atoms with Gasteiger partial charge in [-0.15, -0.1) is 0 Å². The molecule has 1 N–H and O–H groups in total. The molecule has 0 bridgehead atoms. The molecule has 1 aliphatic rings. The fourth-order valence-corrected chi connectivity index (χ4v) is 3.54. The maximum atomic E-state index is 12.4. The number of esters is 1. The average Bonchev–Trinajstić information content (AvgIpc) is 3.12. The lowest BCUT2D eigenvalue weighted by Gasteiger charge is -2.26. The summed E-state index contributed by atoms with van der Waals surface area (Å²) in [6.07, 6.45) is 3.13. The molecule has 26 heavy (non-hydrogen) atoms. The predicted molar refractivity (Wildman–Crippen MR) is 99.0 cm³/mol. The normalized spacial score (nSPS) is 16.0. The van der Waals surface area contributed by atoms with Gasteiger partial charge in [-0.2, -0.15) is 0 Å². The van der Waals surface area contributed by atoms with Crippen LogP contribution in [-0.4, -0.2) is 18.2 Å². The van der Waals surface area contributed by atoms with Gasteiger partial charge < -0.3 is 14.6 Å². The third-order valence-electron chi connectivity index (χ3n) is 4.80. The van der Waals surface area contributed by atoms with Gasteiger partial charge in [-0.3, -0.25) is 0 Å². The Kier molecular flexibility index (Phi) is 4.44. The number of hydrogen-bond acceptors (Lipinski definition) is 5. The first-order chi connectivity index (χ1) is 12.8. The van der Waals surface area contributed by atoms with Crippen molar-refractivity contribution in [3.63, 3.8) is 0 Å². The van der Waals surface area contributed by atoms with E-state index in [4.69, 9.17) is 9.26 Å². The molecule has 0 amide bonds. The Labute approximate surface area is 152 Å². The first-order valence-corrected chi connectivity index (χ1v) is 8.75. The molecule has 4 rings (SSSR count). The van der Waals surface area contributed by atoms with Crippen LogP contribution in [0.5, 0.6) is 0 Å². The van der Waals surface area contributed by atoms with Crippen molar-refractivity contribution in [2.45, 2.75) is 25.3 Å². The molecule has 0 aliphatic heterocycles. The van der Waals surface area contributed by atoms with Gasteiger partial charge in [-0.1, -0.05) is 59.8 Å². The highest BCUT2D eigenvalue weighted by atomic mass is 16.5. The van der Waals surface area contributed by atoms with Gasteiger partial charge in [0.25, 0.3) is 0 Å². The molecule has 132 valence electrons. The van der Waals surface area contributed by atoms with Gasteiger partial charge in [-0.05, 0) is 30.4 Å². The number of carbonyl (C=O) groups excluding carboxylic acids is 1. The molecule has 0 saturated heterocycles. The maximum absolute atomic E-state index is 12.4. The van der Waals surface area contributed by atoms with Crippen LogP contribution >= 0.6 is 0 Å². The largest absolute Gasteiger partial charge is 0.465 e. The average molecular weight is 348 g/mol. The number of fused-ring (bicyclic) bond motifs is 1. The van der Waals surface area contributed by atoms with Crippen LogP contribution in [0, 0.1) is 0 Å². The Bertz CT molecular complexity index is 918. The number of nitrogens with one attached hydrogen (secondary N) is 1. The lowest BCUT2D eigenvalue weighted by atomic mass is 9.87. The predicted octanol–water partition coefficient (Wildman–Crippen LogP) is 4.62. The second-order valence-electron chi connectivity index (χ2n) is 6.38. The fourth-order valence-electron chi connectivity index (χ4n) is 3.54. The van der Waals surface area contributed by atoms with Crippen LogP contribution in [0.4, 0.5) is 5.88 Å². The second kappa shape index (κ2) is 7.04. The van der Waals surface area contributed by atoms with Crippen molar-refractivity contribution in [3.8, 4) is 11.3 Å². The number of ether oxygens (including phenoxy) is 1. The Hall–Kier alpha value is -3.08. The molecular weight excluding hydrogens is 328 g/mol. The Morgan fingerprint density at radius 1 is 1.15 bits per heavy atom. The summed E-state index contributed by atoms with van der Waals surface area (Å²) >= 11 is 0. The van der Waals surface area contributed by atoms with Gasteiger partial charge in [0.1, 0.15) is 5.69 Å². The van der Waals surface area contributed by atoms with Crippen LogP contribution in [0.2, 0.25) is 0 Å².